The lowest BCUT2D eigenvalue weighted by atomic mass is 10.2. The van der Waals surface area contributed by atoms with Crippen LogP contribution in [0.25, 0.3) is 0 Å². The molecule has 2 rings (SSSR count). The standard InChI is InChI=1S/C10H12Br2N4/c11-8-5-14-6-9(12)7(8)4-15-10(13)16-2-1-3-16/h5-6H,1-4H2,(H2,13,15). The second-order valence-corrected chi connectivity index (χ2v) is 5.31. The summed E-state index contributed by atoms with van der Waals surface area (Å²) < 4.78 is 1.89. The molecular formula is C10H12Br2N4. The summed E-state index contributed by atoms with van der Waals surface area (Å²) in [7, 11) is 0. The predicted octanol–water partition coefficient (Wildman–Crippen LogP) is 2.13. The topological polar surface area (TPSA) is 54.5 Å². The maximum absolute atomic E-state index is 5.86. The molecule has 0 radical (unpaired) electrons. The lowest BCUT2D eigenvalue weighted by Crippen LogP contribution is -2.46. The second kappa shape index (κ2) is 5.14. The normalized spacial score (nSPS) is 16.1. The molecule has 0 aliphatic carbocycles. The van der Waals surface area contributed by atoms with Crippen molar-refractivity contribution in [2.45, 2.75) is 13.0 Å². The number of aromatic nitrogens is 1. The van der Waals surface area contributed by atoms with Crippen LogP contribution in [0.15, 0.2) is 26.3 Å². The molecule has 0 saturated carbocycles. The van der Waals surface area contributed by atoms with Gasteiger partial charge in [0.2, 0.25) is 0 Å². The van der Waals surface area contributed by atoms with E-state index in [2.05, 4.69) is 46.7 Å². The number of pyridine rings is 1. The van der Waals surface area contributed by atoms with Crippen molar-refractivity contribution in [2.75, 3.05) is 13.1 Å². The minimum Gasteiger partial charge on any atom is -0.370 e. The Hall–Kier alpha value is -0.620. The van der Waals surface area contributed by atoms with Gasteiger partial charge in [-0.25, -0.2) is 4.99 Å². The Morgan fingerprint density at radius 3 is 2.50 bits per heavy atom. The summed E-state index contributed by atoms with van der Waals surface area (Å²) in [5.74, 6) is 0.627. The summed E-state index contributed by atoms with van der Waals surface area (Å²) >= 11 is 6.90. The number of halogens is 2. The van der Waals surface area contributed by atoms with Crippen LogP contribution in [0.2, 0.25) is 0 Å². The van der Waals surface area contributed by atoms with E-state index in [9.17, 15) is 0 Å². The van der Waals surface area contributed by atoms with Crippen molar-refractivity contribution < 1.29 is 0 Å². The van der Waals surface area contributed by atoms with Crippen molar-refractivity contribution >= 4 is 37.8 Å². The number of nitrogens with two attached hydrogens (primary N) is 1. The van der Waals surface area contributed by atoms with Crippen molar-refractivity contribution in [3.8, 4) is 0 Å². The highest BCUT2D eigenvalue weighted by Gasteiger charge is 2.15. The van der Waals surface area contributed by atoms with E-state index in [-0.39, 0.29) is 0 Å². The number of guanidine groups is 1. The van der Waals surface area contributed by atoms with E-state index in [1.54, 1.807) is 12.4 Å². The van der Waals surface area contributed by atoms with Gasteiger partial charge in [-0.2, -0.15) is 0 Å². The van der Waals surface area contributed by atoms with Gasteiger partial charge in [0.05, 0.1) is 6.54 Å². The Labute approximate surface area is 111 Å². The van der Waals surface area contributed by atoms with E-state index in [0.717, 1.165) is 27.6 Å². The van der Waals surface area contributed by atoms with E-state index in [1.165, 1.54) is 6.42 Å². The van der Waals surface area contributed by atoms with Gasteiger partial charge < -0.3 is 10.6 Å². The number of likely N-dealkylation sites (tertiary alicyclic amines) is 1. The second-order valence-electron chi connectivity index (χ2n) is 3.60. The minimum absolute atomic E-state index is 0.562. The molecule has 6 heteroatoms. The monoisotopic (exact) mass is 346 g/mol. The van der Waals surface area contributed by atoms with Crippen LogP contribution >= 0.6 is 31.9 Å². The molecule has 0 bridgehead atoms. The van der Waals surface area contributed by atoms with E-state index < -0.39 is 0 Å². The third-order valence-electron chi connectivity index (χ3n) is 2.53. The maximum atomic E-state index is 5.86. The van der Waals surface area contributed by atoms with E-state index >= 15 is 0 Å². The van der Waals surface area contributed by atoms with Crippen molar-refractivity contribution in [1.82, 2.24) is 9.88 Å². The Morgan fingerprint density at radius 1 is 1.38 bits per heavy atom. The van der Waals surface area contributed by atoms with Crippen LogP contribution in [0, 0.1) is 0 Å². The largest absolute Gasteiger partial charge is 0.370 e. The summed E-state index contributed by atoms with van der Waals surface area (Å²) in [5.41, 5.74) is 6.92. The predicted molar refractivity (Wildman–Crippen MR) is 71.2 cm³/mol. The molecular weight excluding hydrogens is 336 g/mol. The fraction of sp³-hybridized carbons (Fsp3) is 0.400. The van der Waals surface area contributed by atoms with Gasteiger partial charge in [0.25, 0.3) is 0 Å². The van der Waals surface area contributed by atoms with E-state index in [0.29, 0.717) is 12.5 Å². The molecule has 1 fully saturated rings. The first-order valence-electron chi connectivity index (χ1n) is 5.01. The van der Waals surface area contributed by atoms with Gasteiger partial charge in [0.1, 0.15) is 0 Å². The first-order valence-corrected chi connectivity index (χ1v) is 6.60. The molecule has 86 valence electrons. The fourth-order valence-electron chi connectivity index (χ4n) is 1.39. The molecule has 1 aliphatic heterocycles. The van der Waals surface area contributed by atoms with Gasteiger partial charge in [0.15, 0.2) is 5.96 Å². The number of rotatable bonds is 2. The van der Waals surface area contributed by atoms with Gasteiger partial charge >= 0.3 is 0 Å². The minimum atomic E-state index is 0.562. The number of hydrogen-bond acceptors (Lipinski definition) is 2. The molecule has 0 unspecified atom stereocenters. The highest BCUT2D eigenvalue weighted by atomic mass is 79.9. The number of hydrogen-bond donors (Lipinski definition) is 1. The Morgan fingerprint density at radius 2 is 2.00 bits per heavy atom. The van der Waals surface area contributed by atoms with Crippen LogP contribution in [0.3, 0.4) is 0 Å². The highest BCUT2D eigenvalue weighted by molar-refractivity contribution is 9.11. The molecule has 16 heavy (non-hydrogen) atoms. The molecule has 4 nitrogen and oxygen atoms in total. The fourth-order valence-corrected chi connectivity index (χ4v) is 2.57. The van der Waals surface area contributed by atoms with Crippen LogP contribution in [-0.4, -0.2) is 28.9 Å². The Bertz CT molecular complexity index is 395. The zero-order chi connectivity index (χ0) is 11.5. The van der Waals surface area contributed by atoms with Gasteiger partial charge in [-0.15, -0.1) is 0 Å². The van der Waals surface area contributed by atoms with Crippen molar-refractivity contribution in [2.24, 2.45) is 10.7 Å². The SMILES string of the molecule is NC(=NCc1c(Br)cncc1Br)N1CCC1. The summed E-state index contributed by atoms with van der Waals surface area (Å²) in [6, 6.07) is 0. The van der Waals surface area contributed by atoms with Gasteiger partial charge in [-0.1, -0.05) is 0 Å². The van der Waals surface area contributed by atoms with Gasteiger partial charge in [-0.05, 0) is 38.3 Å². The average Bonchev–Trinajstić information content (AvgIpc) is 2.14. The summed E-state index contributed by atoms with van der Waals surface area (Å²) in [6.45, 7) is 2.61. The molecule has 2 N–H and O–H groups in total. The summed E-state index contributed by atoms with van der Waals surface area (Å²) in [4.78, 5) is 10.5. The van der Waals surface area contributed by atoms with Crippen LogP contribution in [0.1, 0.15) is 12.0 Å². The average molecular weight is 348 g/mol. The summed E-state index contributed by atoms with van der Waals surface area (Å²) in [5, 5.41) is 0. The molecule has 0 amide bonds. The lowest BCUT2D eigenvalue weighted by Gasteiger charge is -2.31. The quantitative estimate of drug-likeness (QED) is 0.658. The molecule has 1 aromatic rings. The van der Waals surface area contributed by atoms with Gasteiger partial charge in [-0.3, -0.25) is 4.98 Å². The third-order valence-corrected chi connectivity index (χ3v) is 3.90. The molecule has 2 heterocycles. The van der Waals surface area contributed by atoms with Crippen molar-refractivity contribution in [1.29, 1.82) is 0 Å². The summed E-state index contributed by atoms with van der Waals surface area (Å²) in [6.07, 6.45) is 4.73. The highest BCUT2D eigenvalue weighted by Crippen LogP contribution is 2.24. The lowest BCUT2D eigenvalue weighted by molar-refractivity contribution is 0.295. The smallest absolute Gasteiger partial charge is 0.191 e. The number of nitrogens with zero attached hydrogens (tertiary/aromatic N) is 3. The van der Waals surface area contributed by atoms with Crippen molar-refractivity contribution in [3.63, 3.8) is 0 Å². The van der Waals surface area contributed by atoms with Crippen LogP contribution < -0.4 is 5.73 Å². The molecule has 0 atom stereocenters. The van der Waals surface area contributed by atoms with Gasteiger partial charge in [0, 0.05) is 40.0 Å². The zero-order valence-electron chi connectivity index (χ0n) is 8.66. The first-order chi connectivity index (χ1) is 7.68. The molecule has 0 aromatic carbocycles. The van der Waals surface area contributed by atoms with E-state index in [4.69, 9.17) is 5.73 Å². The Kier molecular flexibility index (Phi) is 3.81. The Balaban J connectivity index is 2.08. The number of aliphatic imine (C=N–C) groups is 1. The maximum Gasteiger partial charge on any atom is 0.191 e. The molecule has 1 aliphatic rings. The third kappa shape index (κ3) is 2.55. The molecule has 1 aromatic heterocycles. The van der Waals surface area contributed by atoms with Crippen LogP contribution in [0.5, 0.6) is 0 Å². The first kappa shape index (κ1) is 11.9. The zero-order valence-corrected chi connectivity index (χ0v) is 11.8. The molecule has 1 saturated heterocycles. The van der Waals surface area contributed by atoms with E-state index in [1.807, 2.05) is 0 Å². The molecule has 0 spiro atoms. The van der Waals surface area contributed by atoms with Crippen LogP contribution in [0.4, 0.5) is 0 Å². The van der Waals surface area contributed by atoms with Crippen LogP contribution in [-0.2, 0) is 6.54 Å². The van der Waals surface area contributed by atoms with Crippen molar-refractivity contribution in [3.05, 3.63) is 26.9 Å².